The van der Waals surface area contributed by atoms with Crippen LogP contribution in [0.15, 0.2) is 36.5 Å². The van der Waals surface area contributed by atoms with E-state index in [9.17, 15) is 0 Å². The molecule has 1 heterocycles. The second-order valence-electron chi connectivity index (χ2n) is 3.95. The number of benzene rings is 1. The number of halogens is 2. The third-order valence-electron chi connectivity index (χ3n) is 2.54. The summed E-state index contributed by atoms with van der Waals surface area (Å²) in [4.78, 5) is 0. The SMILES string of the molecule is S=C(NCCc1ccccc1Cl)Nc1nnccc1Cl. The Bertz CT molecular complexity index is 606. The molecule has 2 N–H and O–H groups in total. The van der Waals surface area contributed by atoms with Gasteiger partial charge in [0.25, 0.3) is 0 Å². The molecule has 0 aliphatic rings. The van der Waals surface area contributed by atoms with Crippen LogP contribution < -0.4 is 10.6 Å². The van der Waals surface area contributed by atoms with E-state index in [0.29, 0.717) is 22.5 Å². The summed E-state index contributed by atoms with van der Waals surface area (Å²) in [5.74, 6) is 0.435. The maximum Gasteiger partial charge on any atom is 0.173 e. The molecule has 0 unspecified atom stereocenters. The Balaban J connectivity index is 1.82. The van der Waals surface area contributed by atoms with Gasteiger partial charge in [-0.1, -0.05) is 41.4 Å². The number of hydrogen-bond acceptors (Lipinski definition) is 3. The van der Waals surface area contributed by atoms with Crippen LogP contribution in [0.3, 0.4) is 0 Å². The molecule has 2 rings (SSSR count). The molecular weight excluding hydrogens is 315 g/mol. The summed E-state index contributed by atoms with van der Waals surface area (Å²) in [6.07, 6.45) is 2.29. The summed E-state index contributed by atoms with van der Waals surface area (Å²) in [7, 11) is 0. The van der Waals surface area contributed by atoms with Gasteiger partial charge in [-0.05, 0) is 36.3 Å². The van der Waals surface area contributed by atoms with Gasteiger partial charge >= 0.3 is 0 Å². The van der Waals surface area contributed by atoms with Crippen molar-refractivity contribution in [2.75, 3.05) is 11.9 Å². The Hall–Kier alpha value is -1.43. The lowest BCUT2D eigenvalue weighted by Gasteiger charge is -2.10. The number of nitrogens with one attached hydrogen (secondary N) is 2. The van der Waals surface area contributed by atoms with Crippen molar-refractivity contribution < 1.29 is 0 Å². The molecule has 1 aromatic heterocycles. The molecule has 0 radical (unpaired) electrons. The molecule has 0 aliphatic carbocycles. The monoisotopic (exact) mass is 326 g/mol. The first-order valence-corrected chi connectivity index (χ1v) is 7.08. The number of aromatic nitrogens is 2. The highest BCUT2D eigenvalue weighted by molar-refractivity contribution is 7.80. The van der Waals surface area contributed by atoms with Crippen molar-refractivity contribution in [3.05, 3.63) is 52.1 Å². The van der Waals surface area contributed by atoms with Gasteiger partial charge in [0.05, 0.1) is 11.2 Å². The fourth-order valence-electron chi connectivity index (χ4n) is 1.56. The molecule has 0 aliphatic heterocycles. The third kappa shape index (κ3) is 4.30. The Morgan fingerprint density at radius 1 is 1.15 bits per heavy atom. The van der Waals surface area contributed by atoms with Crippen molar-refractivity contribution in [1.29, 1.82) is 0 Å². The second-order valence-corrected chi connectivity index (χ2v) is 5.17. The lowest BCUT2D eigenvalue weighted by molar-refractivity contribution is 0.872. The topological polar surface area (TPSA) is 49.8 Å². The highest BCUT2D eigenvalue weighted by Gasteiger charge is 2.04. The first-order valence-electron chi connectivity index (χ1n) is 5.92. The van der Waals surface area contributed by atoms with Gasteiger partial charge in [0.1, 0.15) is 0 Å². The lowest BCUT2D eigenvalue weighted by Crippen LogP contribution is -2.30. The highest BCUT2D eigenvalue weighted by atomic mass is 35.5. The number of thiocarbonyl (C=S) groups is 1. The molecule has 0 bridgehead atoms. The molecule has 0 saturated heterocycles. The fourth-order valence-corrected chi connectivity index (χ4v) is 2.14. The first-order chi connectivity index (χ1) is 9.66. The minimum atomic E-state index is 0.435. The zero-order valence-electron chi connectivity index (χ0n) is 10.4. The molecule has 0 fully saturated rings. The number of hydrogen-bond donors (Lipinski definition) is 2. The van der Waals surface area contributed by atoms with E-state index in [1.165, 1.54) is 6.20 Å². The van der Waals surface area contributed by atoms with Crippen LogP contribution in [0.4, 0.5) is 5.82 Å². The van der Waals surface area contributed by atoms with Gasteiger partial charge in [-0.25, -0.2) is 0 Å². The van der Waals surface area contributed by atoms with Gasteiger partial charge in [-0.2, -0.15) is 5.10 Å². The average molecular weight is 327 g/mol. The number of rotatable bonds is 4. The van der Waals surface area contributed by atoms with Gasteiger partial charge in [0.15, 0.2) is 10.9 Å². The molecule has 1 aromatic carbocycles. The Morgan fingerprint density at radius 2 is 1.95 bits per heavy atom. The maximum atomic E-state index is 6.08. The van der Waals surface area contributed by atoms with Crippen molar-refractivity contribution in [2.45, 2.75) is 6.42 Å². The predicted molar refractivity (Wildman–Crippen MR) is 86.4 cm³/mol. The molecule has 0 spiro atoms. The highest BCUT2D eigenvalue weighted by Crippen LogP contribution is 2.16. The van der Waals surface area contributed by atoms with Crippen LogP contribution in [0.5, 0.6) is 0 Å². The molecule has 4 nitrogen and oxygen atoms in total. The van der Waals surface area contributed by atoms with Crippen molar-refractivity contribution in [3.63, 3.8) is 0 Å². The van der Waals surface area contributed by atoms with Crippen LogP contribution in [-0.4, -0.2) is 21.9 Å². The lowest BCUT2D eigenvalue weighted by atomic mass is 10.1. The van der Waals surface area contributed by atoms with Gasteiger partial charge < -0.3 is 10.6 Å². The predicted octanol–water partition coefficient (Wildman–Crippen LogP) is 3.31. The van der Waals surface area contributed by atoms with Crippen LogP contribution in [0.1, 0.15) is 5.56 Å². The summed E-state index contributed by atoms with van der Waals surface area (Å²) in [6, 6.07) is 9.36. The molecule has 104 valence electrons. The van der Waals surface area contributed by atoms with Crippen LogP contribution in [0, 0.1) is 0 Å². The normalized spacial score (nSPS) is 10.1. The van der Waals surface area contributed by atoms with Crippen LogP contribution in [0.25, 0.3) is 0 Å². The van der Waals surface area contributed by atoms with E-state index in [0.717, 1.165) is 17.0 Å². The Kier molecular flexibility index (Phi) is 5.52. The standard InChI is InChI=1S/C13H12Cl2N4S/c14-10-4-2-1-3-9(10)5-7-16-13(20)18-12-11(15)6-8-17-19-12/h1-4,6,8H,5,7H2,(H2,16,18,19,20). The minimum absolute atomic E-state index is 0.435. The van der Waals surface area contributed by atoms with E-state index in [1.54, 1.807) is 6.07 Å². The quantitative estimate of drug-likeness (QED) is 0.844. The zero-order chi connectivity index (χ0) is 14.4. The van der Waals surface area contributed by atoms with Crippen LogP contribution in [0.2, 0.25) is 10.0 Å². The summed E-state index contributed by atoms with van der Waals surface area (Å²) in [6.45, 7) is 0.660. The Morgan fingerprint density at radius 3 is 2.70 bits per heavy atom. The first kappa shape index (κ1) is 15.0. The summed E-state index contributed by atoms with van der Waals surface area (Å²) >= 11 is 17.2. The zero-order valence-corrected chi connectivity index (χ0v) is 12.8. The van der Waals surface area contributed by atoms with Crippen LogP contribution >= 0.6 is 35.4 Å². The number of nitrogens with zero attached hydrogens (tertiary/aromatic N) is 2. The Labute approximate surface area is 132 Å². The molecule has 20 heavy (non-hydrogen) atoms. The van der Waals surface area contributed by atoms with E-state index in [4.69, 9.17) is 35.4 Å². The van der Waals surface area contributed by atoms with E-state index >= 15 is 0 Å². The van der Waals surface area contributed by atoms with Crippen LogP contribution in [-0.2, 0) is 6.42 Å². The third-order valence-corrected chi connectivity index (χ3v) is 3.46. The van der Waals surface area contributed by atoms with E-state index in [2.05, 4.69) is 20.8 Å². The summed E-state index contributed by atoms with van der Waals surface area (Å²) in [5.41, 5.74) is 1.07. The maximum absolute atomic E-state index is 6.08. The largest absolute Gasteiger partial charge is 0.362 e. The number of anilines is 1. The van der Waals surface area contributed by atoms with Crippen molar-refractivity contribution in [2.24, 2.45) is 0 Å². The van der Waals surface area contributed by atoms with E-state index < -0.39 is 0 Å². The molecule has 7 heteroatoms. The molecule has 0 saturated carbocycles. The average Bonchev–Trinajstić information content (AvgIpc) is 2.43. The van der Waals surface area contributed by atoms with Crippen molar-refractivity contribution in [3.8, 4) is 0 Å². The van der Waals surface area contributed by atoms with Gasteiger partial charge in [-0.15, -0.1) is 5.10 Å². The summed E-state index contributed by atoms with van der Waals surface area (Å²) in [5, 5.41) is 15.2. The van der Waals surface area contributed by atoms with E-state index in [1.807, 2.05) is 24.3 Å². The fraction of sp³-hybridized carbons (Fsp3) is 0.154. The van der Waals surface area contributed by atoms with Crippen molar-refractivity contribution >= 4 is 46.4 Å². The summed E-state index contributed by atoms with van der Waals surface area (Å²) < 4.78 is 0. The van der Waals surface area contributed by atoms with Crippen molar-refractivity contribution in [1.82, 2.24) is 15.5 Å². The van der Waals surface area contributed by atoms with Gasteiger partial charge in [0.2, 0.25) is 0 Å². The van der Waals surface area contributed by atoms with Gasteiger partial charge in [-0.3, -0.25) is 0 Å². The molecule has 2 aromatic rings. The molecule has 0 amide bonds. The van der Waals surface area contributed by atoms with E-state index in [-0.39, 0.29) is 0 Å². The molecular formula is C13H12Cl2N4S. The second kappa shape index (κ2) is 7.38. The van der Waals surface area contributed by atoms with Gasteiger partial charge in [0, 0.05) is 11.6 Å². The minimum Gasteiger partial charge on any atom is -0.362 e. The molecule has 0 atom stereocenters. The smallest absolute Gasteiger partial charge is 0.173 e.